The fraction of sp³-hybridized carbons (Fsp3) is 0.100. The van der Waals surface area contributed by atoms with Crippen molar-refractivity contribution in [2.75, 3.05) is 5.32 Å². The summed E-state index contributed by atoms with van der Waals surface area (Å²) in [6.07, 6.45) is 4.49. The standard InChI is InChI=1S/C10H8N6O2/c1-15-6-8(5-13-15)14-10-9(16(17)18)7(4-11)2-3-12-10/h2-3,5-6H,1H3,(H,12,14). The molecule has 2 aromatic rings. The molecule has 0 aliphatic carbocycles. The maximum absolute atomic E-state index is 11.0. The number of aromatic nitrogens is 3. The number of anilines is 2. The number of rotatable bonds is 3. The molecular formula is C10H8N6O2. The fourth-order valence-corrected chi connectivity index (χ4v) is 1.44. The molecule has 18 heavy (non-hydrogen) atoms. The highest BCUT2D eigenvalue weighted by atomic mass is 16.6. The molecule has 0 aliphatic heterocycles. The van der Waals surface area contributed by atoms with Gasteiger partial charge in [-0.05, 0) is 6.07 Å². The lowest BCUT2D eigenvalue weighted by molar-refractivity contribution is -0.384. The Morgan fingerprint density at radius 2 is 2.39 bits per heavy atom. The topological polar surface area (TPSA) is 110 Å². The highest BCUT2D eigenvalue weighted by Gasteiger charge is 2.21. The lowest BCUT2D eigenvalue weighted by Gasteiger charge is -2.03. The Labute approximate surface area is 102 Å². The maximum Gasteiger partial charge on any atom is 0.329 e. The Kier molecular flexibility index (Phi) is 2.89. The molecule has 0 spiro atoms. The van der Waals surface area contributed by atoms with Crippen LogP contribution in [0.25, 0.3) is 0 Å². The minimum absolute atomic E-state index is 0.0204. The van der Waals surface area contributed by atoms with Crippen LogP contribution in [0.1, 0.15) is 5.56 Å². The van der Waals surface area contributed by atoms with E-state index in [1.54, 1.807) is 24.0 Å². The van der Waals surface area contributed by atoms with Gasteiger partial charge in [0, 0.05) is 19.4 Å². The Hall–Kier alpha value is -2.95. The van der Waals surface area contributed by atoms with Crippen LogP contribution < -0.4 is 5.32 Å². The first-order valence-electron chi connectivity index (χ1n) is 4.91. The van der Waals surface area contributed by atoms with Crippen molar-refractivity contribution in [3.8, 4) is 6.07 Å². The van der Waals surface area contributed by atoms with Gasteiger partial charge in [0.05, 0.1) is 16.8 Å². The SMILES string of the molecule is Cn1cc(Nc2nccc(C#N)c2[N+](=O)[O-])cn1. The van der Waals surface area contributed by atoms with Crippen LogP contribution >= 0.6 is 0 Å². The highest BCUT2D eigenvalue weighted by Crippen LogP contribution is 2.28. The Morgan fingerprint density at radius 3 is 2.94 bits per heavy atom. The van der Waals surface area contributed by atoms with Crippen LogP contribution in [0.4, 0.5) is 17.2 Å². The summed E-state index contributed by atoms with van der Waals surface area (Å²) < 4.78 is 1.54. The minimum atomic E-state index is -0.635. The van der Waals surface area contributed by atoms with Gasteiger partial charge in [0.1, 0.15) is 11.6 Å². The summed E-state index contributed by atoms with van der Waals surface area (Å²) in [5, 5.41) is 26.5. The van der Waals surface area contributed by atoms with Crippen LogP contribution in [-0.2, 0) is 7.05 Å². The first-order valence-corrected chi connectivity index (χ1v) is 4.91. The second-order valence-corrected chi connectivity index (χ2v) is 3.45. The lowest BCUT2D eigenvalue weighted by atomic mass is 10.2. The molecule has 0 bridgehead atoms. The van der Waals surface area contributed by atoms with Gasteiger partial charge >= 0.3 is 5.69 Å². The molecule has 0 aliphatic rings. The zero-order valence-corrected chi connectivity index (χ0v) is 9.36. The van der Waals surface area contributed by atoms with E-state index in [9.17, 15) is 10.1 Å². The van der Waals surface area contributed by atoms with Gasteiger partial charge in [-0.2, -0.15) is 10.4 Å². The Morgan fingerprint density at radius 1 is 1.61 bits per heavy atom. The smallest absolute Gasteiger partial charge is 0.329 e. The molecule has 0 radical (unpaired) electrons. The van der Waals surface area contributed by atoms with Crippen molar-refractivity contribution in [1.82, 2.24) is 14.8 Å². The third-order valence-corrected chi connectivity index (χ3v) is 2.19. The van der Waals surface area contributed by atoms with E-state index in [4.69, 9.17) is 5.26 Å². The monoisotopic (exact) mass is 244 g/mol. The third-order valence-electron chi connectivity index (χ3n) is 2.19. The molecule has 2 rings (SSSR count). The van der Waals surface area contributed by atoms with Gasteiger partial charge in [-0.1, -0.05) is 0 Å². The van der Waals surface area contributed by atoms with Crippen LogP contribution in [0.2, 0.25) is 0 Å². The summed E-state index contributed by atoms with van der Waals surface area (Å²) in [5.74, 6) is 0.0204. The molecule has 0 aromatic carbocycles. The molecule has 0 fully saturated rings. The van der Waals surface area contributed by atoms with E-state index in [0.717, 1.165) is 0 Å². The Balaban J connectivity index is 2.45. The first-order chi connectivity index (χ1) is 8.61. The average molecular weight is 244 g/mol. The summed E-state index contributed by atoms with van der Waals surface area (Å²) >= 11 is 0. The quantitative estimate of drug-likeness (QED) is 0.644. The van der Waals surface area contributed by atoms with Gasteiger partial charge in [-0.25, -0.2) is 4.98 Å². The average Bonchev–Trinajstić information content (AvgIpc) is 2.74. The third kappa shape index (κ3) is 2.10. The second kappa shape index (κ2) is 4.50. The molecule has 8 heteroatoms. The zero-order valence-electron chi connectivity index (χ0n) is 9.36. The van der Waals surface area contributed by atoms with Crippen LogP contribution in [0.15, 0.2) is 24.7 Å². The van der Waals surface area contributed by atoms with Gasteiger partial charge in [0.15, 0.2) is 0 Å². The first kappa shape index (κ1) is 11.5. The van der Waals surface area contributed by atoms with Crippen LogP contribution in [0, 0.1) is 21.4 Å². The lowest BCUT2D eigenvalue weighted by Crippen LogP contribution is -2.01. The van der Waals surface area contributed by atoms with Crippen LogP contribution in [0.3, 0.4) is 0 Å². The molecule has 90 valence electrons. The van der Waals surface area contributed by atoms with Gasteiger partial charge in [-0.3, -0.25) is 14.8 Å². The second-order valence-electron chi connectivity index (χ2n) is 3.45. The molecule has 1 N–H and O–H groups in total. The number of nitrogens with one attached hydrogen (secondary N) is 1. The Bertz CT molecular complexity index is 642. The van der Waals surface area contributed by atoms with Crippen molar-refractivity contribution in [3.05, 3.63) is 40.3 Å². The molecule has 0 atom stereocenters. The predicted molar refractivity (Wildman–Crippen MR) is 62.1 cm³/mol. The molecular weight excluding hydrogens is 236 g/mol. The van der Waals surface area contributed by atoms with Crippen LogP contribution in [-0.4, -0.2) is 19.7 Å². The number of aryl methyl sites for hydroxylation is 1. The van der Waals surface area contributed by atoms with Crippen molar-refractivity contribution < 1.29 is 4.92 Å². The molecule has 0 saturated heterocycles. The molecule has 0 unspecified atom stereocenters. The van der Waals surface area contributed by atoms with Crippen LogP contribution in [0.5, 0.6) is 0 Å². The van der Waals surface area contributed by atoms with Gasteiger partial charge in [0.2, 0.25) is 5.82 Å². The summed E-state index contributed by atoms with van der Waals surface area (Å²) in [6.45, 7) is 0. The van der Waals surface area contributed by atoms with Gasteiger partial charge < -0.3 is 5.32 Å². The minimum Gasteiger partial charge on any atom is -0.332 e. The van der Waals surface area contributed by atoms with E-state index in [1.807, 2.05) is 0 Å². The predicted octanol–water partition coefficient (Wildman–Crippen LogP) is 1.34. The summed E-state index contributed by atoms with van der Waals surface area (Å²) in [7, 11) is 1.72. The normalized spacial score (nSPS) is 9.78. The van der Waals surface area contributed by atoms with E-state index in [2.05, 4.69) is 15.4 Å². The number of pyridine rings is 1. The highest BCUT2D eigenvalue weighted by molar-refractivity contribution is 5.69. The summed E-state index contributed by atoms with van der Waals surface area (Å²) in [6, 6.07) is 3.06. The van der Waals surface area contributed by atoms with E-state index in [-0.39, 0.29) is 17.1 Å². The van der Waals surface area contributed by atoms with Gasteiger partial charge in [0.25, 0.3) is 0 Å². The molecule has 0 amide bonds. The number of hydrogen-bond acceptors (Lipinski definition) is 6. The zero-order chi connectivity index (χ0) is 13.1. The van der Waals surface area contributed by atoms with Crippen molar-refractivity contribution in [3.63, 3.8) is 0 Å². The molecule has 2 aromatic heterocycles. The van der Waals surface area contributed by atoms with E-state index < -0.39 is 4.92 Å². The van der Waals surface area contributed by atoms with Crippen molar-refractivity contribution in [2.24, 2.45) is 7.05 Å². The number of nitriles is 1. The summed E-state index contributed by atoms with van der Waals surface area (Å²) in [5.41, 5.74) is 0.174. The van der Waals surface area contributed by atoms with Gasteiger partial charge in [-0.15, -0.1) is 0 Å². The fourth-order valence-electron chi connectivity index (χ4n) is 1.44. The molecule has 8 nitrogen and oxygen atoms in total. The summed E-state index contributed by atoms with van der Waals surface area (Å²) in [4.78, 5) is 14.2. The molecule has 0 saturated carbocycles. The van der Waals surface area contributed by atoms with E-state index >= 15 is 0 Å². The van der Waals surface area contributed by atoms with Crippen molar-refractivity contribution in [1.29, 1.82) is 5.26 Å². The van der Waals surface area contributed by atoms with Crippen molar-refractivity contribution >= 4 is 17.2 Å². The number of nitrogens with zero attached hydrogens (tertiary/aromatic N) is 5. The number of hydrogen-bond donors (Lipinski definition) is 1. The largest absolute Gasteiger partial charge is 0.332 e. The van der Waals surface area contributed by atoms with E-state index in [1.165, 1.54) is 18.5 Å². The maximum atomic E-state index is 11.0. The van der Waals surface area contributed by atoms with Crippen molar-refractivity contribution in [2.45, 2.75) is 0 Å². The molecule has 2 heterocycles. The van der Waals surface area contributed by atoms with E-state index in [0.29, 0.717) is 5.69 Å². The number of nitro groups is 1.